The fraction of sp³-hybridized carbons (Fsp3) is 0.111. The predicted octanol–water partition coefficient (Wildman–Crippen LogP) is 4.48. The highest BCUT2D eigenvalue weighted by Crippen LogP contribution is 2.33. The minimum atomic E-state index is -0.167. The SMILES string of the molecule is CC(Sc1nnc(-c2cccc(Cl)c2)o1)c1nc2ccccc2c(=O)[nH]1. The number of aromatic amines is 1. The quantitative estimate of drug-likeness (QED) is 0.522. The average Bonchev–Trinajstić information content (AvgIpc) is 3.10. The van der Waals surface area contributed by atoms with Crippen molar-refractivity contribution < 1.29 is 4.42 Å². The van der Waals surface area contributed by atoms with Gasteiger partial charge in [0.15, 0.2) is 0 Å². The van der Waals surface area contributed by atoms with Crippen LogP contribution in [0, 0.1) is 0 Å². The van der Waals surface area contributed by atoms with E-state index in [9.17, 15) is 4.79 Å². The molecule has 0 aliphatic carbocycles. The second-order valence-electron chi connectivity index (χ2n) is 5.61. The molecule has 6 nitrogen and oxygen atoms in total. The second-order valence-corrected chi connectivity index (χ2v) is 7.34. The number of hydrogen-bond donors (Lipinski definition) is 1. The van der Waals surface area contributed by atoms with Crippen molar-refractivity contribution in [1.29, 1.82) is 0 Å². The zero-order valence-corrected chi connectivity index (χ0v) is 15.2. The van der Waals surface area contributed by atoms with Crippen molar-refractivity contribution in [3.05, 3.63) is 69.7 Å². The van der Waals surface area contributed by atoms with E-state index in [-0.39, 0.29) is 10.8 Å². The van der Waals surface area contributed by atoms with E-state index in [4.69, 9.17) is 16.0 Å². The summed E-state index contributed by atoms with van der Waals surface area (Å²) in [4.78, 5) is 19.6. The van der Waals surface area contributed by atoms with E-state index in [1.54, 1.807) is 18.2 Å². The smallest absolute Gasteiger partial charge is 0.277 e. The molecule has 2 heterocycles. The lowest BCUT2D eigenvalue weighted by atomic mass is 10.2. The maximum atomic E-state index is 12.2. The van der Waals surface area contributed by atoms with Gasteiger partial charge in [-0.25, -0.2) is 4.98 Å². The van der Waals surface area contributed by atoms with Crippen LogP contribution in [0.4, 0.5) is 0 Å². The molecule has 4 rings (SSSR count). The molecule has 0 spiro atoms. The van der Waals surface area contributed by atoms with Crippen molar-refractivity contribution >= 4 is 34.3 Å². The lowest BCUT2D eigenvalue weighted by Gasteiger charge is -2.08. The highest BCUT2D eigenvalue weighted by atomic mass is 35.5. The van der Waals surface area contributed by atoms with Gasteiger partial charge in [0.2, 0.25) is 5.89 Å². The van der Waals surface area contributed by atoms with Gasteiger partial charge >= 0.3 is 0 Å². The van der Waals surface area contributed by atoms with Crippen molar-refractivity contribution in [1.82, 2.24) is 20.2 Å². The third-order valence-corrected chi connectivity index (χ3v) is 4.95. The van der Waals surface area contributed by atoms with E-state index >= 15 is 0 Å². The van der Waals surface area contributed by atoms with Gasteiger partial charge in [-0.15, -0.1) is 10.2 Å². The molecule has 0 saturated carbocycles. The summed E-state index contributed by atoms with van der Waals surface area (Å²) in [6, 6.07) is 14.4. The lowest BCUT2D eigenvalue weighted by Crippen LogP contribution is -2.12. The number of para-hydroxylation sites is 1. The topological polar surface area (TPSA) is 84.7 Å². The summed E-state index contributed by atoms with van der Waals surface area (Å²) in [6.07, 6.45) is 0. The fourth-order valence-corrected chi connectivity index (χ4v) is 3.43. The summed E-state index contributed by atoms with van der Waals surface area (Å²) >= 11 is 7.32. The number of nitrogens with zero attached hydrogens (tertiary/aromatic N) is 3. The monoisotopic (exact) mass is 384 g/mol. The van der Waals surface area contributed by atoms with Gasteiger partial charge < -0.3 is 9.40 Å². The summed E-state index contributed by atoms with van der Waals surface area (Å²) < 4.78 is 5.70. The van der Waals surface area contributed by atoms with Crippen molar-refractivity contribution in [2.24, 2.45) is 0 Å². The zero-order valence-electron chi connectivity index (χ0n) is 13.6. The Morgan fingerprint density at radius 3 is 2.85 bits per heavy atom. The van der Waals surface area contributed by atoms with Crippen LogP contribution in [0.15, 0.2) is 63.0 Å². The average molecular weight is 385 g/mol. The van der Waals surface area contributed by atoms with Gasteiger partial charge in [-0.2, -0.15) is 0 Å². The molecule has 4 aromatic rings. The molecule has 0 radical (unpaired) electrons. The summed E-state index contributed by atoms with van der Waals surface area (Å²) in [6.45, 7) is 1.92. The lowest BCUT2D eigenvalue weighted by molar-refractivity contribution is 0.465. The van der Waals surface area contributed by atoms with Crippen molar-refractivity contribution in [3.8, 4) is 11.5 Å². The van der Waals surface area contributed by atoms with Gasteiger partial charge in [0.25, 0.3) is 10.8 Å². The normalized spacial score (nSPS) is 12.4. The van der Waals surface area contributed by atoms with Crippen LogP contribution in [0.5, 0.6) is 0 Å². The predicted molar refractivity (Wildman–Crippen MR) is 101 cm³/mol. The maximum Gasteiger partial charge on any atom is 0.277 e. The maximum absolute atomic E-state index is 12.2. The molecule has 0 fully saturated rings. The Bertz CT molecular complexity index is 1140. The molecule has 0 aliphatic heterocycles. The van der Waals surface area contributed by atoms with Gasteiger partial charge in [0.1, 0.15) is 5.82 Å². The molecule has 0 amide bonds. The Labute approximate surface area is 157 Å². The molecule has 130 valence electrons. The molecule has 2 aromatic heterocycles. The number of benzene rings is 2. The number of thioether (sulfide) groups is 1. The van der Waals surface area contributed by atoms with Crippen molar-refractivity contribution in [2.45, 2.75) is 17.4 Å². The molecular formula is C18H13ClN4O2S. The zero-order chi connectivity index (χ0) is 18.1. The Hall–Kier alpha value is -2.64. The molecule has 0 aliphatic rings. The highest BCUT2D eigenvalue weighted by molar-refractivity contribution is 7.99. The van der Waals surface area contributed by atoms with E-state index in [1.807, 2.05) is 37.3 Å². The fourth-order valence-electron chi connectivity index (χ4n) is 2.50. The van der Waals surface area contributed by atoms with E-state index in [1.165, 1.54) is 11.8 Å². The van der Waals surface area contributed by atoms with Gasteiger partial charge in [0, 0.05) is 10.6 Å². The Balaban J connectivity index is 1.59. The number of H-pyrrole nitrogens is 1. The first-order valence-corrected chi connectivity index (χ1v) is 9.11. The molecule has 1 atom stereocenters. The number of hydrogen-bond acceptors (Lipinski definition) is 6. The first-order valence-electron chi connectivity index (χ1n) is 7.85. The first kappa shape index (κ1) is 16.8. The molecule has 1 unspecified atom stereocenters. The summed E-state index contributed by atoms with van der Waals surface area (Å²) in [5, 5.41) is 9.50. The van der Waals surface area contributed by atoms with E-state index < -0.39 is 0 Å². The van der Waals surface area contributed by atoms with Gasteiger partial charge in [-0.3, -0.25) is 4.79 Å². The van der Waals surface area contributed by atoms with Crippen LogP contribution in [0.2, 0.25) is 5.02 Å². The molecule has 0 bridgehead atoms. The van der Waals surface area contributed by atoms with Crippen molar-refractivity contribution in [3.63, 3.8) is 0 Å². The number of fused-ring (bicyclic) bond motifs is 1. The van der Waals surface area contributed by atoms with Crippen LogP contribution in [0.25, 0.3) is 22.4 Å². The van der Waals surface area contributed by atoms with E-state index in [0.29, 0.717) is 32.9 Å². The summed E-state index contributed by atoms with van der Waals surface area (Å²) in [7, 11) is 0. The Morgan fingerprint density at radius 1 is 1.15 bits per heavy atom. The van der Waals surface area contributed by atoms with Gasteiger partial charge in [-0.1, -0.05) is 41.6 Å². The second kappa shape index (κ2) is 6.93. The van der Waals surface area contributed by atoms with Crippen LogP contribution in [0.3, 0.4) is 0 Å². The minimum absolute atomic E-state index is 0.164. The standard InChI is InChI=1S/C18H13ClN4O2S/c1-10(15-20-14-8-3-2-7-13(14)16(24)21-15)26-18-23-22-17(25-18)11-5-4-6-12(19)9-11/h2-10H,1H3,(H,20,21,24). The largest absolute Gasteiger partial charge is 0.411 e. The van der Waals surface area contributed by atoms with Crippen LogP contribution in [-0.4, -0.2) is 20.2 Å². The first-order chi connectivity index (χ1) is 12.6. The number of rotatable bonds is 4. The van der Waals surface area contributed by atoms with Crippen LogP contribution in [0.1, 0.15) is 18.0 Å². The summed E-state index contributed by atoms with van der Waals surface area (Å²) in [5.74, 6) is 0.948. The van der Waals surface area contributed by atoms with Crippen molar-refractivity contribution in [2.75, 3.05) is 0 Å². The molecule has 0 saturated heterocycles. The molecule has 2 aromatic carbocycles. The van der Waals surface area contributed by atoms with Crippen LogP contribution >= 0.6 is 23.4 Å². The molecule has 8 heteroatoms. The van der Waals surface area contributed by atoms with Gasteiger partial charge in [0.05, 0.1) is 16.2 Å². The van der Waals surface area contributed by atoms with Crippen LogP contribution < -0.4 is 5.56 Å². The summed E-state index contributed by atoms with van der Waals surface area (Å²) in [5.41, 5.74) is 1.24. The number of aromatic nitrogens is 4. The Kier molecular flexibility index (Phi) is 4.48. The highest BCUT2D eigenvalue weighted by Gasteiger charge is 2.17. The molecule has 26 heavy (non-hydrogen) atoms. The van der Waals surface area contributed by atoms with E-state index in [2.05, 4.69) is 20.2 Å². The Morgan fingerprint density at radius 2 is 2.00 bits per heavy atom. The number of halogens is 1. The molecular weight excluding hydrogens is 372 g/mol. The third-order valence-electron chi connectivity index (χ3n) is 3.77. The minimum Gasteiger partial charge on any atom is -0.411 e. The molecule has 1 N–H and O–H groups in total. The van der Waals surface area contributed by atoms with Crippen LogP contribution in [-0.2, 0) is 0 Å². The number of nitrogens with one attached hydrogen (secondary N) is 1. The third kappa shape index (κ3) is 3.36. The van der Waals surface area contributed by atoms with E-state index in [0.717, 1.165) is 5.56 Å². The van der Waals surface area contributed by atoms with Gasteiger partial charge in [-0.05, 0) is 37.3 Å².